The monoisotopic (exact) mass is 720 g/mol. The Balaban J connectivity index is 1.40. The molecule has 3 aromatic heterocycles. The normalized spacial score (nSPS) is 21.4. The summed E-state index contributed by atoms with van der Waals surface area (Å²) in [7, 11) is 0.397. The van der Waals surface area contributed by atoms with Crippen molar-refractivity contribution in [3.63, 3.8) is 0 Å². The van der Waals surface area contributed by atoms with Gasteiger partial charge in [-0.25, -0.2) is 23.8 Å². The zero-order valence-corrected chi connectivity index (χ0v) is 30.9. The predicted molar refractivity (Wildman–Crippen MR) is 187 cm³/mol. The number of rotatable bonds is 9. The summed E-state index contributed by atoms with van der Waals surface area (Å²) >= 11 is 13.5. The first-order valence-corrected chi connectivity index (χ1v) is 20.7. The molecule has 48 heavy (non-hydrogen) atoms. The van der Waals surface area contributed by atoms with Crippen molar-refractivity contribution in [2.45, 2.75) is 109 Å². The number of benzene rings is 1. The molecule has 2 saturated heterocycles. The average molecular weight is 722 g/mol. The molecule has 0 radical (unpaired) electrons. The van der Waals surface area contributed by atoms with Crippen LogP contribution in [0.3, 0.4) is 0 Å². The highest BCUT2D eigenvalue weighted by atomic mass is 35.5. The highest BCUT2D eigenvalue weighted by molar-refractivity contribution is 6.76. The van der Waals surface area contributed by atoms with Gasteiger partial charge < -0.3 is 24.8 Å². The third kappa shape index (κ3) is 6.74. The van der Waals surface area contributed by atoms with Crippen molar-refractivity contribution in [2.75, 3.05) is 11.5 Å². The first-order chi connectivity index (χ1) is 22.6. The number of ether oxygens (including phenoxy) is 2. The number of fused-ring (bicyclic) bond motifs is 4. The van der Waals surface area contributed by atoms with E-state index in [0.29, 0.717) is 80.9 Å². The minimum atomic E-state index is -1.39. The van der Waals surface area contributed by atoms with Gasteiger partial charge in [0, 0.05) is 33.3 Å². The number of alkyl carbamates (subject to hydrolysis) is 1. The van der Waals surface area contributed by atoms with Crippen LogP contribution in [0.4, 0.5) is 15.0 Å². The van der Waals surface area contributed by atoms with Gasteiger partial charge in [0.1, 0.15) is 40.6 Å². The first kappa shape index (κ1) is 34.8. The zero-order chi connectivity index (χ0) is 34.7. The molecule has 6 rings (SSSR count). The summed E-state index contributed by atoms with van der Waals surface area (Å²) in [5, 5.41) is 24.0. The number of nitrogens with one attached hydrogen (secondary N) is 1. The third-order valence-corrected chi connectivity index (χ3v) is 11.4. The van der Waals surface area contributed by atoms with Crippen LogP contribution in [-0.4, -0.2) is 85.3 Å². The molecule has 2 fully saturated rings. The first-order valence-electron chi connectivity index (χ1n) is 16.3. The van der Waals surface area contributed by atoms with Gasteiger partial charge in [-0.05, 0) is 58.2 Å². The van der Waals surface area contributed by atoms with Crippen LogP contribution in [0, 0.1) is 0 Å². The minimum absolute atomic E-state index is 0.113. The predicted octanol–water partition coefficient (Wildman–Crippen LogP) is 6.46. The number of aliphatic hydroxyl groups is 1. The second kappa shape index (κ2) is 13.0. The SMILES string of the molecule is Cn1nc2ccc(-c3nn(COCC[Si](C)(C)C)c4nc(N5[C@H]6CC[C@@H]5[C@@H](F)[C@@H](NC(=O)OC(C)(C)C)C6)c(CO)nc34)c(Cl)c2c1Cl. The fourth-order valence-electron chi connectivity index (χ4n) is 6.59. The van der Waals surface area contributed by atoms with E-state index in [1.807, 2.05) is 17.0 Å². The van der Waals surface area contributed by atoms with Crippen LogP contribution in [0.25, 0.3) is 33.3 Å². The number of aliphatic hydroxyl groups excluding tert-OH is 1. The molecule has 5 heterocycles. The number of carbonyl (C=O) groups excluding carboxylic acids is 1. The Kier molecular flexibility index (Phi) is 9.43. The Morgan fingerprint density at radius 2 is 1.92 bits per heavy atom. The summed E-state index contributed by atoms with van der Waals surface area (Å²) in [6, 6.07) is 3.19. The zero-order valence-electron chi connectivity index (χ0n) is 28.4. The van der Waals surface area contributed by atoms with E-state index < -0.39 is 44.6 Å². The molecule has 12 nitrogen and oxygen atoms in total. The maximum Gasteiger partial charge on any atom is 0.407 e. The lowest BCUT2D eigenvalue weighted by atomic mass is 9.95. The van der Waals surface area contributed by atoms with Gasteiger partial charge in [-0.3, -0.25) is 4.68 Å². The van der Waals surface area contributed by atoms with Crippen LogP contribution in [0.1, 0.15) is 45.7 Å². The van der Waals surface area contributed by atoms with Crippen LogP contribution >= 0.6 is 23.2 Å². The van der Waals surface area contributed by atoms with E-state index in [0.717, 1.165) is 6.04 Å². The molecule has 2 aliphatic rings. The topological polar surface area (TPSA) is 132 Å². The van der Waals surface area contributed by atoms with Gasteiger partial charge in [0.2, 0.25) is 0 Å². The van der Waals surface area contributed by atoms with Gasteiger partial charge in [0.15, 0.2) is 11.5 Å². The molecule has 4 aromatic rings. The Hall–Kier alpha value is -3.04. The van der Waals surface area contributed by atoms with Crippen LogP contribution in [0.5, 0.6) is 0 Å². The largest absolute Gasteiger partial charge is 0.444 e. The minimum Gasteiger partial charge on any atom is -0.444 e. The van der Waals surface area contributed by atoms with Crippen molar-refractivity contribution in [1.82, 2.24) is 34.8 Å². The highest BCUT2D eigenvalue weighted by Crippen LogP contribution is 2.43. The second-order valence-electron chi connectivity index (χ2n) is 14.9. The smallest absolute Gasteiger partial charge is 0.407 e. The summed E-state index contributed by atoms with van der Waals surface area (Å²) < 4.78 is 30.8. The molecule has 16 heteroatoms. The maximum absolute atomic E-state index is 16.1. The van der Waals surface area contributed by atoms with Crippen LogP contribution < -0.4 is 10.2 Å². The molecule has 2 aliphatic heterocycles. The van der Waals surface area contributed by atoms with E-state index >= 15 is 4.39 Å². The molecular weight excluding hydrogens is 678 g/mol. The van der Waals surface area contributed by atoms with Crippen molar-refractivity contribution < 1.29 is 23.8 Å². The number of carbonyl (C=O) groups is 1. The van der Waals surface area contributed by atoms with Gasteiger partial charge in [-0.15, -0.1) is 0 Å². The lowest BCUT2D eigenvalue weighted by Gasteiger charge is -2.42. The molecule has 0 spiro atoms. The van der Waals surface area contributed by atoms with E-state index in [-0.39, 0.29) is 12.8 Å². The Morgan fingerprint density at radius 1 is 1.17 bits per heavy atom. The van der Waals surface area contributed by atoms with Crippen molar-refractivity contribution in [3.05, 3.63) is 28.0 Å². The van der Waals surface area contributed by atoms with Crippen molar-refractivity contribution >= 4 is 65.3 Å². The lowest BCUT2D eigenvalue weighted by Crippen LogP contribution is -2.59. The van der Waals surface area contributed by atoms with Crippen LogP contribution in [-0.2, 0) is 29.9 Å². The fourth-order valence-corrected chi connectivity index (χ4v) is 7.96. The summed E-state index contributed by atoms with van der Waals surface area (Å²) in [5.74, 6) is 0.391. The number of nitrogens with zero attached hydrogens (tertiary/aromatic N) is 7. The van der Waals surface area contributed by atoms with E-state index in [1.54, 1.807) is 37.2 Å². The number of anilines is 1. The lowest BCUT2D eigenvalue weighted by molar-refractivity contribution is 0.0447. The molecular formula is C32H43Cl2FN8O4Si. The number of alkyl halides is 1. The average Bonchev–Trinajstić information content (AvgIpc) is 3.62. The van der Waals surface area contributed by atoms with E-state index in [2.05, 4.69) is 30.1 Å². The van der Waals surface area contributed by atoms with Gasteiger partial charge >= 0.3 is 6.09 Å². The molecule has 0 aliphatic carbocycles. The molecule has 1 amide bonds. The molecule has 260 valence electrons. The number of aryl methyl sites for hydroxylation is 1. The Labute approximate surface area is 289 Å². The van der Waals surface area contributed by atoms with Crippen molar-refractivity contribution in [3.8, 4) is 11.3 Å². The van der Waals surface area contributed by atoms with Gasteiger partial charge in [-0.1, -0.05) is 42.8 Å². The number of hydrogen-bond acceptors (Lipinski definition) is 9. The second-order valence-corrected chi connectivity index (χ2v) is 21.3. The van der Waals surface area contributed by atoms with Crippen molar-refractivity contribution in [2.24, 2.45) is 7.05 Å². The molecule has 2 N–H and O–H groups in total. The highest BCUT2D eigenvalue weighted by Gasteiger charge is 2.50. The summed E-state index contributed by atoms with van der Waals surface area (Å²) in [5.41, 5.74) is 2.10. The standard InChI is InChI=1S/C32H43Cl2FN8O4Si/c1-32(2,3)47-31(45)37-20-14-17-8-11-22(25(20)35)43(17)29-21(15-44)36-27-26(18-9-10-19-23(24(18)33)28(34)41(4)39-19)40-42(30(27)38-29)16-46-12-13-48(5,6)7/h9-10,17,20,22,25,44H,8,11-16H2,1-7H3,(H,37,45)/t17-,20-,22+,25-/m0/s1. The number of piperidine rings is 1. The number of aromatic nitrogens is 6. The number of halogens is 3. The molecule has 2 bridgehead atoms. The summed E-state index contributed by atoms with van der Waals surface area (Å²) in [6.45, 7) is 12.4. The van der Waals surface area contributed by atoms with Gasteiger partial charge in [-0.2, -0.15) is 10.2 Å². The molecule has 1 aromatic carbocycles. The number of amides is 1. The van der Waals surface area contributed by atoms with E-state index in [4.69, 9.17) is 47.7 Å². The third-order valence-electron chi connectivity index (χ3n) is 8.87. The maximum atomic E-state index is 16.1. The van der Waals surface area contributed by atoms with Gasteiger partial charge in [0.25, 0.3) is 0 Å². The van der Waals surface area contributed by atoms with Crippen LogP contribution in [0.2, 0.25) is 35.9 Å². The Morgan fingerprint density at radius 3 is 2.60 bits per heavy atom. The van der Waals surface area contributed by atoms with Gasteiger partial charge in [0.05, 0.1) is 34.6 Å². The molecule has 0 saturated carbocycles. The molecule has 4 atom stereocenters. The quantitative estimate of drug-likeness (QED) is 0.148. The fraction of sp³-hybridized carbons (Fsp3) is 0.594. The molecule has 0 unspecified atom stereocenters. The van der Waals surface area contributed by atoms with E-state index in [9.17, 15) is 9.90 Å². The Bertz CT molecular complexity index is 1860. The van der Waals surface area contributed by atoms with E-state index in [1.165, 1.54) is 0 Å². The summed E-state index contributed by atoms with van der Waals surface area (Å²) in [6.07, 6.45) is -0.411. The number of hydrogen-bond donors (Lipinski definition) is 2. The summed E-state index contributed by atoms with van der Waals surface area (Å²) in [4.78, 5) is 24.4. The van der Waals surface area contributed by atoms with Crippen LogP contribution in [0.15, 0.2) is 12.1 Å². The van der Waals surface area contributed by atoms with Crippen molar-refractivity contribution in [1.29, 1.82) is 0 Å².